The van der Waals surface area contributed by atoms with Gasteiger partial charge in [-0.3, -0.25) is 14.5 Å². The molecule has 8 heteroatoms. The van der Waals surface area contributed by atoms with Gasteiger partial charge in [0, 0.05) is 33.8 Å². The number of carbonyl (C=O) groups excluding carboxylic acids is 1. The number of H-pyrrole nitrogens is 1. The number of aromatic nitrogens is 2. The number of thiophene rings is 2. The van der Waals surface area contributed by atoms with Crippen LogP contribution in [0.25, 0.3) is 20.7 Å². The Balaban J connectivity index is 1.68. The Kier molecular flexibility index (Phi) is 3.95. The first-order valence-electron chi connectivity index (χ1n) is 7.66. The zero-order valence-electron chi connectivity index (χ0n) is 13.1. The summed E-state index contributed by atoms with van der Waals surface area (Å²) in [6, 6.07) is 4.10. The first-order valence-corrected chi connectivity index (χ1v) is 9.36. The molecule has 1 saturated heterocycles. The van der Waals surface area contributed by atoms with Gasteiger partial charge < -0.3 is 10.3 Å². The molecular weight excluding hydrogens is 344 g/mol. The molecule has 0 aromatic carbocycles. The van der Waals surface area contributed by atoms with Crippen molar-refractivity contribution in [2.24, 2.45) is 0 Å². The lowest BCUT2D eigenvalue weighted by atomic mass is 10.2. The monoisotopic (exact) mass is 360 g/mol. The number of carbonyl (C=O) groups is 1. The molecule has 0 saturated carbocycles. The van der Waals surface area contributed by atoms with Gasteiger partial charge in [0.05, 0.1) is 18.5 Å². The highest BCUT2D eigenvalue weighted by molar-refractivity contribution is 7.19. The van der Waals surface area contributed by atoms with Gasteiger partial charge >= 0.3 is 0 Å². The molecule has 124 valence electrons. The summed E-state index contributed by atoms with van der Waals surface area (Å²) in [6.07, 6.45) is 0. The Morgan fingerprint density at radius 3 is 2.96 bits per heavy atom. The predicted molar refractivity (Wildman–Crippen MR) is 96.6 cm³/mol. The van der Waals surface area contributed by atoms with Crippen LogP contribution in [0.15, 0.2) is 22.3 Å². The number of nitrogens with zero attached hydrogens (tertiary/aromatic N) is 2. The summed E-state index contributed by atoms with van der Waals surface area (Å²) in [5.41, 5.74) is 0.838. The number of aryl methyl sites for hydroxylation is 1. The van der Waals surface area contributed by atoms with Crippen molar-refractivity contribution < 1.29 is 4.79 Å². The van der Waals surface area contributed by atoms with Crippen molar-refractivity contribution in [3.63, 3.8) is 0 Å². The number of piperazine rings is 1. The summed E-state index contributed by atoms with van der Waals surface area (Å²) in [4.78, 5) is 36.6. The summed E-state index contributed by atoms with van der Waals surface area (Å²) in [5, 5.41) is 5.44. The number of amides is 1. The van der Waals surface area contributed by atoms with E-state index < -0.39 is 0 Å². The van der Waals surface area contributed by atoms with Crippen LogP contribution in [0.1, 0.15) is 10.7 Å². The minimum atomic E-state index is -0.112. The molecule has 0 spiro atoms. The molecule has 6 nitrogen and oxygen atoms in total. The van der Waals surface area contributed by atoms with Gasteiger partial charge in [-0.25, -0.2) is 4.98 Å². The first kappa shape index (κ1) is 15.5. The van der Waals surface area contributed by atoms with Crippen LogP contribution in [0.2, 0.25) is 0 Å². The zero-order valence-corrected chi connectivity index (χ0v) is 14.7. The van der Waals surface area contributed by atoms with Crippen LogP contribution in [0.5, 0.6) is 0 Å². The number of hydrogen-bond donors (Lipinski definition) is 2. The third-order valence-electron chi connectivity index (χ3n) is 3.99. The molecule has 4 heterocycles. The van der Waals surface area contributed by atoms with E-state index in [0.29, 0.717) is 30.8 Å². The van der Waals surface area contributed by atoms with Gasteiger partial charge in [-0.1, -0.05) is 0 Å². The van der Waals surface area contributed by atoms with E-state index in [1.807, 2.05) is 16.3 Å². The van der Waals surface area contributed by atoms with Crippen LogP contribution in [0.4, 0.5) is 0 Å². The number of nitrogens with one attached hydrogen (secondary N) is 2. The fourth-order valence-electron chi connectivity index (χ4n) is 2.87. The lowest BCUT2D eigenvalue weighted by molar-refractivity contribution is -0.124. The normalized spacial score (nSPS) is 15.8. The standard InChI is InChI=1S/C16H16N4O2S2/c1-9-2-3-11(24-9)10-8-23-16-14(10)15(22)18-12(19-16)6-20-5-4-17-13(21)7-20/h2-3,8H,4-7H2,1H3,(H,17,21)(H,18,19,22). The molecule has 2 N–H and O–H groups in total. The van der Waals surface area contributed by atoms with Crippen LogP contribution in [0.3, 0.4) is 0 Å². The van der Waals surface area contributed by atoms with Gasteiger partial charge in [0.25, 0.3) is 5.56 Å². The summed E-state index contributed by atoms with van der Waals surface area (Å²) in [7, 11) is 0. The number of aromatic amines is 1. The molecule has 3 aromatic rings. The van der Waals surface area contributed by atoms with E-state index in [2.05, 4.69) is 28.3 Å². The fourth-order valence-corrected chi connectivity index (χ4v) is 4.79. The second-order valence-electron chi connectivity index (χ2n) is 5.81. The molecule has 1 aliphatic heterocycles. The first-order chi connectivity index (χ1) is 11.6. The van der Waals surface area contributed by atoms with Crippen LogP contribution < -0.4 is 10.9 Å². The molecule has 1 fully saturated rings. The molecule has 3 aromatic heterocycles. The number of rotatable bonds is 3. The highest BCUT2D eigenvalue weighted by atomic mass is 32.1. The average molecular weight is 360 g/mol. The van der Waals surface area contributed by atoms with Crippen molar-refractivity contribution in [3.8, 4) is 10.4 Å². The average Bonchev–Trinajstić information content (AvgIpc) is 3.13. The predicted octanol–water partition coefficient (Wildman–Crippen LogP) is 1.95. The van der Waals surface area contributed by atoms with E-state index in [-0.39, 0.29) is 11.5 Å². The molecule has 0 aliphatic carbocycles. The van der Waals surface area contributed by atoms with Gasteiger partial charge in [0.1, 0.15) is 10.7 Å². The zero-order chi connectivity index (χ0) is 16.7. The SMILES string of the molecule is Cc1ccc(-c2csc3nc(CN4CCNC(=O)C4)[nH]c(=O)c23)s1. The van der Waals surface area contributed by atoms with E-state index in [9.17, 15) is 9.59 Å². The highest BCUT2D eigenvalue weighted by Gasteiger charge is 2.19. The highest BCUT2D eigenvalue weighted by Crippen LogP contribution is 2.34. The molecule has 0 atom stereocenters. The molecule has 1 amide bonds. The minimum absolute atomic E-state index is 0.0103. The van der Waals surface area contributed by atoms with Gasteiger partial charge in [0.2, 0.25) is 5.91 Å². The summed E-state index contributed by atoms with van der Waals surface area (Å²) in [5.74, 6) is 0.620. The van der Waals surface area contributed by atoms with Gasteiger partial charge in [0.15, 0.2) is 0 Å². The second-order valence-corrected chi connectivity index (χ2v) is 7.96. The van der Waals surface area contributed by atoms with Crippen LogP contribution >= 0.6 is 22.7 Å². The minimum Gasteiger partial charge on any atom is -0.354 e. The van der Waals surface area contributed by atoms with Crippen LogP contribution in [-0.4, -0.2) is 40.4 Å². The van der Waals surface area contributed by atoms with Crippen molar-refractivity contribution in [1.82, 2.24) is 20.2 Å². The van der Waals surface area contributed by atoms with Crippen molar-refractivity contribution in [2.75, 3.05) is 19.6 Å². The lowest BCUT2D eigenvalue weighted by Gasteiger charge is -2.25. The Bertz CT molecular complexity index is 972. The maximum absolute atomic E-state index is 12.6. The summed E-state index contributed by atoms with van der Waals surface area (Å²) >= 11 is 3.16. The van der Waals surface area contributed by atoms with E-state index in [1.54, 1.807) is 11.3 Å². The largest absolute Gasteiger partial charge is 0.354 e. The molecule has 4 rings (SSSR count). The Morgan fingerprint density at radius 1 is 1.33 bits per heavy atom. The third-order valence-corrected chi connectivity index (χ3v) is 5.90. The molecule has 24 heavy (non-hydrogen) atoms. The van der Waals surface area contributed by atoms with E-state index in [1.165, 1.54) is 16.2 Å². The second kappa shape index (κ2) is 6.12. The Morgan fingerprint density at radius 2 is 2.21 bits per heavy atom. The molecule has 0 radical (unpaired) electrons. The summed E-state index contributed by atoms with van der Waals surface area (Å²) in [6.45, 7) is 4.26. The smallest absolute Gasteiger partial charge is 0.260 e. The van der Waals surface area contributed by atoms with Crippen LogP contribution in [0, 0.1) is 6.92 Å². The maximum Gasteiger partial charge on any atom is 0.260 e. The van der Waals surface area contributed by atoms with E-state index in [4.69, 9.17) is 0 Å². The molecule has 0 unspecified atom stereocenters. The number of hydrogen-bond acceptors (Lipinski definition) is 6. The van der Waals surface area contributed by atoms with E-state index in [0.717, 1.165) is 21.8 Å². The van der Waals surface area contributed by atoms with Gasteiger partial charge in [-0.15, -0.1) is 22.7 Å². The molecule has 1 aliphatic rings. The van der Waals surface area contributed by atoms with E-state index >= 15 is 0 Å². The van der Waals surface area contributed by atoms with Crippen LogP contribution in [-0.2, 0) is 11.3 Å². The quantitative estimate of drug-likeness (QED) is 0.748. The lowest BCUT2D eigenvalue weighted by Crippen LogP contribution is -2.47. The third kappa shape index (κ3) is 2.88. The van der Waals surface area contributed by atoms with Gasteiger partial charge in [-0.2, -0.15) is 0 Å². The van der Waals surface area contributed by atoms with Crippen molar-refractivity contribution in [1.29, 1.82) is 0 Å². The topological polar surface area (TPSA) is 78.1 Å². The van der Waals surface area contributed by atoms with Gasteiger partial charge in [-0.05, 0) is 19.1 Å². The van der Waals surface area contributed by atoms with Crippen molar-refractivity contribution in [2.45, 2.75) is 13.5 Å². The molecule has 0 bridgehead atoms. The maximum atomic E-state index is 12.6. The van der Waals surface area contributed by atoms with Crippen molar-refractivity contribution in [3.05, 3.63) is 38.6 Å². The molecular formula is C16H16N4O2S2. The van der Waals surface area contributed by atoms with Crippen molar-refractivity contribution >= 4 is 38.8 Å². The Hall–Kier alpha value is -2.03. The fraction of sp³-hybridized carbons (Fsp3) is 0.312. The number of fused-ring (bicyclic) bond motifs is 1. The Labute approximate surface area is 146 Å². The summed E-state index contributed by atoms with van der Waals surface area (Å²) < 4.78 is 0.